The van der Waals surface area contributed by atoms with Crippen LogP contribution in [0.15, 0.2) is 30.6 Å². The van der Waals surface area contributed by atoms with Crippen LogP contribution in [0, 0.1) is 0 Å². The van der Waals surface area contributed by atoms with E-state index in [1.54, 1.807) is 11.3 Å². The van der Waals surface area contributed by atoms with Crippen LogP contribution in [0.3, 0.4) is 0 Å². The summed E-state index contributed by atoms with van der Waals surface area (Å²) in [7, 11) is -1.78. The maximum atomic E-state index is 6.39. The van der Waals surface area contributed by atoms with Crippen molar-refractivity contribution in [2.24, 2.45) is 0 Å². The highest BCUT2D eigenvalue weighted by Crippen LogP contribution is 2.41. The Bertz CT molecular complexity index is 945. The molecule has 4 N–H and O–H groups in total. The fourth-order valence-electron chi connectivity index (χ4n) is 2.75. The van der Waals surface area contributed by atoms with Gasteiger partial charge in [0.25, 0.3) is 0 Å². The van der Waals surface area contributed by atoms with Crippen LogP contribution in [-0.2, 0) is 10.8 Å². The maximum Gasteiger partial charge on any atom is 0.191 e. The number of nitrogen functional groups attached to an aromatic ring is 2. The second-order valence-corrected chi connectivity index (χ2v) is 14.2. The Kier molecular flexibility index (Phi) is 5.29. The number of rotatable bonds is 5. The molecule has 5 nitrogen and oxygen atoms in total. The summed E-state index contributed by atoms with van der Waals surface area (Å²) in [6.45, 7) is 12.0. The molecular weight excluding hydrogens is 372 g/mol. The van der Waals surface area contributed by atoms with E-state index in [0.717, 1.165) is 33.5 Å². The first-order valence-electron chi connectivity index (χ1n) is 9.12. The van der Waals surface area contributed by atoms with Crippen molar-refractivity contribution in [2.45, 2.75) is 45.3 Å². The van der Waals surface area contributed by atoms with E-state index in [1.807, 2.05) is 24.3 Å². The molecule has 27 heavy (non-hydrogen) atoms. The Hall–Kier alpha value is -1.96. The Morgan fingerprint density at radius 2 is 1.74 bits per heavy atom. The van der Waals surface area contributed by atoms with Gasteiger partial charge in [0.2, 0.25) is 0 Å². The van der Waals surface area contributed by atoms with Crippen molar-refractivity contribution in [2.75, 3.05) is 18.1 Å². The van der Waals surface area contributed by atoms with E-state index in [4.69, 9.17) is 15.9 Å². The van der Waals surface area contributed by atoms with Gasteiger partial charge in [0.05, 0.1) is 5.39 Å². The molecule has 2 aromatic heterocycles. The minimum Gasteiger partial charge on any atom is -0.416 e. The highest BCUT2D eigenvalue weighted by atomic mass is 32.1. The van der Waals surface area contributed by atoms with Gasteiger partial charge in [0.15, 0.2) is 8.32 Å². The lowest BCUT2D eigenvalue weighted by atomic mass is 10.0. The number of thiophene rings is 1. The number of anilines is 2. The molecule has 1 aromatic carbocycles. The summed E-state index contributed by atoms with van der Waals surface area (Å²) in [5.74, 6) is 0.514. The molecular formula is C20H28N4OSSi. The predicted octanol–water partition coefficient (Wildman–Crippen LogP) is 5.09. The zero-order valence-corrected chi connectivity index (χ0v) is 18.5. The molecule has 0 aliphatic rings. The van der Waals surface area contributed by atoms with Gasteiger partial charge in [-0.1, -0.05) is 32.9 Å². The van der Waals surface area contributed by atoms with Gasteiger partial charge < -0.3 is 15.9 Å². The zero-order chi connectivity index (χ0) is 19.8. The van der Waals surface area contributed by atoms with E-state index < -0.39 is 8.32 Å². The Labute approximate surface area is 165 Å². The Morgan fingerprint density at radius 3 is 2.37 bits per heavy atom. The minimum atomic E-state index is -1.78. The van der Waals surface area contributed by atoms with Crippen molar-refractivity contribution < 1.29 is 4.43 Å². The van der Waals surface area contributed by atoms with Crippen molar-refractivity contribution in [1.82, 2.24) is 9.97 Å². The number of nitrogens with two attached hydrogens (primary N) is 2. The normalized spacial score (nSPS) is 12.6. The highest BCUT2D eigenvalue weighted by molar-refractivity contribution is 7.19. The van der Waals surface area contributed by atoms with Gasteiger partial charge in [0, 0.05) is 29.2 Å². The van der Waals surface area contributed by atoms with E-state index in [1.165, 1.54) is 11.2 Å². The number of nitrogens with zero attached hydrogens (tertiary/aromatic N) is 2. The quantitative estimate of drug-likeness (QED) is 0.460. The molecule has 3 aromatic rings. The topological polar surface area (TPSA) is 87.0 Å². The van der Waals surface area contributed by atoms with Crippen LogP contribution in [0.1, 0.15) is 25.6 Å². The van der Waals surface area contributed by atoms with Crippen molar-refractivity contribution in [3.8, 4) is 11.1 Å². The molecule has 0 saturated carbocycles. The van der Waals surface area contributed by atoms with Gasteiger partial charge in [-0.2, -0.15) is 0 Å². The molecule has 0 atom stereocenters. The van der Waals surface area contributed by atoms with Gasteiger partial charge in [0.1, 0.15) is 17.0 Å². The number of hydrogen-bond donors (Lipinski definition) is 2. The summed E-state index contributed by atoms with van der Waals surface area (Å²) in [4.78, 5) is 10.8. The van der Waals surface area contributed by atoms with Gasteiger partial charge >= 0.3 is 0 Å². The van der Waals surface area contributed by atoms with Crippen LogP contribution in [0.5, 0.6) is 0 Å². The number of hydrogen-bond acceptors (Lipinski definition) is 6. The van der Waals surface area contributed by atoms with E-state index in [2.05, 4.69) is 43.8 Å². The molecule has 0 radical (unpaired) electrons. The van der Waals surface area contributed by atoms with Crippen molar-refractivity contribution in [1.29, 1.82) is 0 Å². The van der Waals surface area contributed by atoms with Gasteiger partial charge in [-0.25, -0.2) is 9.97 Å². The molecule has 0 bridgehead atoms. The lowest BCUT2D eigenvalue weighted by molar-refractivity contribution is 0.293. The van der Waals surface area contributed by atoms with E-state index in [-0.39, 0.29) is 5.04 Å². The summed E-state index contributed by atoms with van der Waals surface area (Å²) < 4.78 is 6.39. The molecule has 0 saturated heterocycles. The lowest BCUT2D eigenvalue weighted by Gasteiger charge is -2.36. The molecule has 0 fully saturated rings. The predicted molar refractivity (Wildman–Crippen MR) is 119 cm³/mol. The lowest BCUT2D eigenvalue weighted by Crippen LogP contribution is -2.41. The van der Waals surface area contributed by atoms with Crippen LogP contribution in [-0.4, -0.2) is 24.9 Å². The van der Waals surface area contributed by atoms with E-state index in [9.17, 15) is 0 Å². The third kappa shape index (κ3) is 4.00. The Morgan fingerprint density at radius 1 is 1.07 bits per heavy atom. The van der Waals surface area contributed by atoms with Gasteiger partial charge in [-0.15, -0.1) is 11.3 Å². The van der Waals surface area contributed by atoms with Crippen LogP contribution in [0.2, 0.25) is 18.1 Å². The van der Waals surface area contributed by atoms with E-state index >= 15 is 0 Å². The first-order valence-corrected chi connectivity index (χ1v) is 12.8. The average Bonchev–Trinajstić information content (AvgIpc) is 2.94. The molecule has 0 amide bonds. The van der Waals surface area contributed by atoms with Crippen LogP contribution >= 0.6 is 11.3 Å². The third-order valence-electron chi connectivity index (χ3n) is 5.39. The minimum absolute atomic E-state index is 0.197. The molecule has 3 rings (SSSR count). The molecule has 2 heterocycles. The van der Waals surface area contributed by atoms with Crippen LogP contribution in [0.4, 0.5) is 11.5 Å². The standard InChI is InChI=1S/C20H28N4OSSi/c1-20(2,3)27(4,5)25-11-10-15-16(13-6-8-14(21)9-7-13)17-18(22)23-12-24-19(17)26-15/h6-9,12H,10-11,21H2,1-5H3,(H2,22,23,24). The maximum absolute atomic E-state index is 6.39. The highest BCUT2D eigenvalue weighted by Gasteiger charge is 2.37. The third-order valence-corrected chi connectivity index (χ3v) is 11.1. The van der Waals surface area contributed by atoms with Crippen molar-refractivity contribution in [3.63, 3.8) is 0 Å². The number of aromatic nitrogens is 2. The van der Waals surface area contributed by atoms with Crippen molar-refractivity contribution >= 4 is 41.4 Å². The smallest absolute Gasteiger partial charge is 0.191 e. The first-order chi connectivity index (χ1) is 12.6. The van der Waals surface area contributed by atoms with Crippen LogP contribution in [0.25, 0.3) is 21.3 Å². The monoisotopic (exact) mass is 400 g/mol. The molecule has 0 spiro atoms. The summed E-state index contributed by atoms with van der Waals surface area (Å²) in [5.41, 5.74) is 15.0. The molecule has 0 unspecified atom stereocenters. The molecule has 144 valence electrons. The number of fused-ring (bicyclic) bond motifs is 1. The summed E-state index contributed by atoms with van der Waals surface area (Å²) in [6.07, 6.45) is 2.35. The first kappa shape index (κ1) is 19.8. The van der Waals surface area contributed by atoms with Gasteiger partial charge in [-0.3, -0.25) is 0 Å². The molecule has 0 aliphatic carbocycles. The largest absolute Gasteiger partial charge is 0.416 e. The average molecular weight is 401 g/mol. The summed E-state index contributed by atoms with van der Waals surface area (Å²) in [6, 6.07) is 7.88. The summed E-state index contributed by atoms with van der Waals surface area (Å²) in [5, 5.41) is 1.12. The SMILES string of the molecule is CC(C)(C)[Si](C)(C)OCCc1sc2ncnc(N)c2c1-c1ccc(N)cc1. The molecule has 0 aliphatic heterocycles. The Balaban J connectivity index is 1.97. The second-order valence-electron chi connectivity index (χ2n) is 8.32. The van der Waals surface area contributed by atoms with Crippen LogP contribution < -0.4 is 11.5 Å². The van der Waals surface area contributed by atoms with Crippen molar-refractivity contribution in [3.05, 3.63) is 35.5 Å². The van der Waals surface area contributed by atoms with E-state index in [0.29, 0.717) is 12.4 Å². The summed E-state index contributed by atoms with van der Waals surface area (Å²) >= 11 is 1.67. The molecule has 7 heteroatoms. The van der Waals surface area contributed by atoms with Gasteiger partial charge in [-0.05, 0) is 35.8 Å². The fraction of sp³-hybridized carbons (Fsp3) is 0.400. The number of benzene rings is 1. The zero-order valence-electron chi connectivity index (χ0n) is 16.7. The fourth-order valence-corrected chi connectivity index (χ4v) is 4.94. The second kappa shape index (κ2) is 7.22.